The lowest BCUT2D eigenvalue weighted by Crippen LogP contribution is -2.27. The number of halogens is 1. The van der Waals surface area contributed by atoms with Crippen LogP contribution in [0.15, 0.2) is 18.2 Å². The van der Waals surface area contributed by atoms with Crippen LogP contribution in [0.1, 0.15) is 32.3 Å². The highest BCUT2D eigenvalue weighted by Crippen LogP contribution is 2.32. The number of carbonyl (C=O) groups excluding carboxylic acids is 2. The Labute approximate surface area is 128 Å². The predicted molar refractivity (Wildman–Crippen MR) is 79.4 cm³/mol. The molecule has 0 aliphatic carbocycles. The van der Waals surface area contributed by atoms with Gasteiger partial charge in [-0.2, -0.15) is 0 Å². The highest BCUT2D eigenvalue weighted by atomic mass is 19.1. The SMILES string of the molecule is CC(C)(C)OC(=O)Nc1ccc([C@@H]2COC[C@@H]2C=O)c(F)c1. The van der Waals surface area contributed by atoms with Gasteiger partial charge >= 0.3 is 6.09 Å². The maximum absolute atomic E-state index is 14.2. The first kappa shape index (κ1) is 16.4. The third kappa shape index (κ3) is 4.04. The predicted octanol–water partition coefficient (Wildman–Crippen LogP) is 3.10. The lowest BCUT2D eigenvalue weighted by Gasteiger charge is -2.20. The summed E-state index contributed by atoms with van der Waals surface area (Å²) in [5, 5.41) is 2.48. The summed E-state index contributed by atoms with van der Waals surface area (Å²) in [6.07, 6.45) is 0.152. The Kier molecular flexibility index (Phi) is 4.81. The average molecular weight is 309 g/mol. The van der Waals surface area contributed by atoms with Crippen LogP contribution in [0.4, 0.5) is 14.9 Å². The number of hydrogen-bond donors (Lipinski definition) is 1. The maximum Gasteiger partial charge on any atom is 0.412 e. The van der Waals surface area contributed by atoms with Crippen molar-refractivity contribution < 1.29 is 23.5 Å². The number of amides is 1. The van der Waals surface area contributed by atoms with Crippen LogP contribution in [-0.2, 0) is 14.3 Å². The first-order chi connectivity index (χ1) is 10.3. The molecular formula is C16H20FNO4. The molecule has 2 atom stereocenters. The number of carbonyl (C=O) groups is 2. The van der Waals surface area contributed by atoms with E-state index >= 15 is 0 Å². The van der Waals surface area contributed by atoms with Crippen molar-refractivity contribution in [1.82, 2.24) is 0 Å². The van der Waals surface area contributed by atoms with E-state index in [0.717, 1.165) is 6.29 Å². The van der Waals surface area contributed by atoms with E-state index in [1.165, 1.54) is 6.07 Å². The van der Waals surface area contributed by atoms with Crippen molar-refractivity contribution in [2.24, 2.45) is 5.92 Å². The maximum atomic E-state index is 14.2. The van der Waals surface area contributed by atoms with Crippen molar-refractivity contribution in [2.45, 2.75) is 32.3 Å². The number of anilines is 1. The summed E-state index contributed by atoms with van der Waals surface area (Å²) in [4.78, 5) is 22.6. The summed E-state index contributed by atoms with van der Waals surface area (Å²) in [6.45, 7) is 5.87. The Hall–Kier alpha value is -1.95. The number of benzene rings is 1. The molecule has 1 fully saturated rings. The molecule has 0 radical (unpaired) electrons. The number of hydrogen-bond acceptors (Lipinski definition) is 4. The summed E-state index contributed by atoms with van der Waals surface area (Å²) in [5.41, 5.74) is 0.0995. The first-order valence-corrected chi connectivity index (χ1v) is 7.12. The molecule has 1 aliphatic heterocycles. The number of nitrogens with one attached hydrogen (secondary N) is 1. The van der Waals surface area contributed by atoms with Crippen molar-refractivity contribution in [3.05, 3.63) is 29.6 Å². The van der Waals surface area contributed by atoms with Crippen LogP contribution < -0.4 is 5.32 Å². The molecule has 2 rings (SSSR count). The molecule has 1 saturated heterocycles. The lowest BCUT2D eigenvalue weighted by molar-refractivity contribution is -0.111. The zero-order valence-corrected chi connectivity index (χ0v) is 12.9. The van der Waals surface area contributed by atoms with E-state index in [-0.39, 0.29) is 11.8 Å². The van der Waals surface area contributed by atoms with Gasteiger partial charge in [0.05, 0.1) is 13.2 Å². The minimum absolute atomic E-state index is 0.284. The highest BCUT2D eigenvalue weighted by Gasteiger charge is 2.31. The van der Waals surface area contributed by atoms with E-state index in [2.05, 4.69) is 5.32 Å². The normalized spacial score (nSPS) is 21.5. The van der Waals surface area contributed by atoms with Crippen LogP contribution in [-0.4, -0.2) is 31.2 Å². The van der Waals surface area contributed by atoms with Gasteiger partial charge in [0.25, 0.3) is 0 Å². The molecule has 0 unspecified atom stereocenters. The first-order valence-electron chi connectivity index (χ1n) is 7.12. The molecule has 120 valence electrons. The second-order valence-electron chi connectivity index (χ2n) is 6.31. The Morgan fingerprint density at radius 2 is 2.14 bits per heavy atom. The van der Waals surface area contributed by atoms with Gasteiger partial charge in [-0.3, -0.25) is 5.32 Å². The standard InChI is InChI=1S/C16H20FNO4/c1-16(2,3)22-15(20)18-11-4-5-12(14(17)6-11)13-9-21-8-10(13)7-19/h4-7,10,13H,8-9H2,1-3H3,(H,18,20)/t10-,13+/m0/s1. The van der Waals surface area contributed by atoms with Crippen LogP contribution in [0.25, 0.3) is 0 Å². The molecule has 22 heavy (non-hydrogen) atoms. The number of rotatable bonds is 3. The Morgan fingerprint density at radius 3 is 2.73 bits per heavy atom. The molecule has 1 aromatic carbocycles. The fraction of sp³-hybridized carbons (Fsp3) is 0.500. The largest absolute Gasteiger partial charge is 0.444 e. The topological polar surface area (TPSA) is 64.6 Å². The summed E-state index contributed by atoms with van der Waals surface area (Å²) < 4.78 is 24.6. The third-order valence-electron chi connectivity index (χ3n) is 3.34. The zero-order chi connectivity index (χ0) is 16.3. The van der Waals surface area contributed by atoms with E-state index in [0.29, 0.717) is 24.5 Å². The molecule has 0 aromatic heterocycles. The minimum atomic E-state index is -0.644. The lowest BCUT2D eigenvalue weighted by atomic mass is 9.89. The molecule has 1 N–H and O–H groups in total. The van der Waals surface area contributed by atoms with E-state index in [1.54, 1.807) is 32.9 Å². The van der Waals surface area contributed by atoms with Crippen LogP contribution in [0, 0.1) is 11.7 Å². The van der Waals surface area contributed by atoms with E-state index in [1.807, 2.05) is 0 Å². The average Bonchev–Trinajstić information content (AvgIpc) is 2.84. The van der Waals surface area contributed by atoms with Crippen LogP contribution >= 0.6 is 0 Å². The van der Waals surface area contributed by atoms with Gasteiger partial charge in [-0.05, 0) is 38.5 Å². The molecule has 5 nitrogen and oxygen atoms in total. The van der Waals surface area contributed by atoms with E-state index in [4.69, 9.17) is 9.47 Å². The van der Waals surface area contributed by atoms with Crippen molar-refractivity contribution in [2.75, 3.05) is 18.5 Å². The molecule has 0 spiro atoms. The Bertz CT molecular complexity index is 568. The van der Waals surface area contributed by atoms with Crippen molar-refractivity contribution in [3.63, 3.8) is 0 Å². The van der Waals surface area contributed by atoms with Crippen LogP contribution in [0.2, 0.25) is 0 Å². The molecule has 1 heterocycles. The zero-order valence-electron chi connectivity index (χ0n) is 12.9. The van der Waals surface area contributed by atoms with Crippen molar-refractivity contribution in [1.29, 1.82) is 0 Å². The van der Waals surface area contributed by atoms with Gasteiger partial charge in [0.1, 0.15) is 17.7 Å². The number of ether oxygens (including phenoxy) is 2. The van der Waals surface area contributed by atoms with Crippen molar-refractivity contribution >= 4 is 18.1 Å². The second kappa shape index (κ2) is 6.44. The molecule has 0 bridgehead atoms. The minimum Gasteiger partial charge on any atom is -0.444 e. The third-order valence-corrected chi connectivity index (χ3v) is 3.34. The van der Waals surface area contributed by atoms with Gasteiger partial charge in [0.15, 0.2) is 0 Å². The second-order valence-corrected chi connectivity index (χ2v) is 6.31. The highest BCUT2D eigenvalue weighted by molar-refractivity contribution is 5.84. The fourth-order valence-corrected chi connectivity index (χ4v) is 2.35. The molecule has 0 saturated carbocycles. The molecule has 1 aromatic rings. The molecule has 1 aliphatic rings. The fourth-order valence-electron chi connectivity index (χ4n) is 2.35. The summed E-state index contributed by atoms with van der Waals surface area (Å²) in [6, 6.07) is 4.37. The monoisotopic (exact) mass is 309 g/mol. The van der Waals surface area contributed by atoms with Gasteiger partial charge in [0.2, 0.25) is 0 Å². The van der Waals surface area contributed by atoms with E-state index in [9.17, 15) is 14.0 Å². The van der Waals surface area contributed by atoms with E-state index < -0.39 is 17.5 Å². The van der Waals surface area contributed by atoms with Gasteiger partial charge < -0.3 is 14.3 Å². The van der Waals surface area contributed by atoms with Gasteiger partial charge in [-0.25, -0.2) is 9.18 Å². The van der Waals surface area contributed by atoms with Crippen LogP contribution in [0.3, 0.4) is 0 Å². The smallest absolute Gasteiger partial charge is 0.412 e. The van der Waals surface area contributed by atoms with Gasteiger partial charge in [0, 0.05) is 17.5 Å². The molecule has 6 heteroatoms. The van der Waals surface area contributed by atoms with Gasteiger partial charge in [-0.1, -0.05) is 6.07 Å². The number of aldehydes is 1. The Balaban J connectivity index is 2.10. The quantitative estimate of drug-likeness (QED) is 0.871. The van der Waals surface area contributed by atoms with Crippen molar-refractivity contribution in [3.8, 4) is 0 Å². The molecule has 1 amide bonds. The summed E-state index contributed by atoms with van der Waals surface area (Å²) >= 11 is 0. The van der Waals surface area contributed by atoms with Gasteiger partial charge in [-0.15, -0.1) is 0 Å². The summed E-state index contributed by atoms with van der Waals surface area (Å²) in [5.74, 6) is -1.09. The Morgan fingerprint density at radius 1 is 1.41 bits per heavy atom. The molecular weight excluding hydrogens is 289 g/mol. The summed E-state index contributed by atoms with van der Waals surface area (Å²) in [7, 11) is 0. The van der Waals surface area contributed by atoms with Crippen LogP contribution in [0.5, 0.6) is 0 Å².